The maximum Gasteiger partial charge on any atom is 0.115 e. The molecule has 4 heteroatoms. The SMILES string of the molecule is NC(c1cncnc1)c1cc2c(s1)CCCCC2. The number of aromatic nitrogens is 2. The van der Waals surface area contributed by atoms with E-state index in [9.17, 15) is 0 Å². The molecule has 0 bridgehead atoms. The molecule has 0 spiro atoms. The van der Waals surface area contributed by atoms with Crippen molar-refractivity contribution in [3.8, 4) is 0 Å². The molecule has 18 heavy (non-hydrogen) atoms. The van der Waals surface area contributed by atoms with Crippen LogP contribution in [0.3, 0.4) is 0 Å². The summed E-state index contributed by atoms with van der Waals surface area (Å²) < 4.78 is 0. The van der Waals surface area contributed by atoms with E-state index in [1.165, 1.54) is 47.4 Å². The molecule has 2 N–H and O–H groups in total. The van der Waals surface area contributed by atoms with Crippen molar-refractivity contribution in [1.29, 1.82) is 0 Å². The average molecular weight is 259 g/mol. The summed E-state index contributed by atoms with van der Waals surface area (Å²) >= 11 is 1.87. The van der Waals surface area contributed by atoms with Gasteiger partial charge in [-0.1, -0.05) is 6.42 Å². The third kappa shape index (κ3) is 2.31. The largest absolute Gasteiger partial charge is 0.320 e. The number of hydrogen-bond donors (Lipinski definition) is 1. The third-order valence-corrected chi connectivity index (χ3v) is 4.83. The lowest BCUT2D eigenvalue weighted by atomic mass is 10.1. The number of thiophene rings is 1. The molecule has 0 aliphatic heterocycles. The minimum absolute atomic E-state index is 0.0804. The van der Waals surface area contributed by atoms with Crippen LogP contribution in [0.15, 0.2) is 24.8 Å². The normalized spacial score (nSPS) is 16.9. The van der Waals surface area contributed by atoms with E-state index >= 15 is 0 Å². The molecule has 0 saturated carbocycles. The van der Waals surface area contributed by atoms with Crippen molar-refractivity contribution in [2.45, 2.75) is 38.1 Å². The van der Waals surface area contributed by atoms with Crippen LogP contribution < -0.4 is 5.73 Å². The lowest BCUT2D eigenvalue weighted by molar-refractivity contribution is 0.712. The molecule has 1 atom stereocenters. The van der Waals surface area contributed by atoms with Crippen molar-refractivity contribution >= 4 is 11.3 Å². The molecule has 2 aromatic heterocycles. The molecule has 0 radical (unpaired) electrons. The van der Waals surface area contributed by atoms with Gasteiger partial charge in [-0.2, -0.15) is 0 Å². The molecule has 1 aliphatic rings. The summed E-state index contributed by atoms with van der Waals surface area (Å²) in [5.41, 5.74) is 8.81. The molecule has 2 aromatic rings. The zero-order chi connectivity index (χ0) is 12.4. The van der Waals surface area contributed by atoms with E-state index in [-0.39, 0.29) is 6.04 Å². The summed E-state index contributed by atoms with van der Waals surface area (Å²) in [5, 5.41) is 0. The van der Waals surface area contributed by atoms with Crippen LogP contribution in [0.25, 0.3) is 0 Å². The van der Waals surface area contributed by atoms with E-state index in [1.54, 1.807) is 6.33 Å². The predicted molar refractivity (Wildman–Crippen MR) is 73.6 cm³/mol. The molecular weight excluding hydrogens is 242 g/mol. The number of hydrogen-bond acceptors (Lipinski definition) is 4. The number of fused-ring (bicyclic) bond motifs is 1. The first-order valence-electron chi connectivity index (χ1n) is 6.46. The maximum atomic E-state index is 6.30. The lowest BCUT2D eigenvalue weighted by Gasteiger charge is -2.08. The van der Waals surface area contributed by atoms with E-state index < -0.39 is 0 Å². The molecule has 2 heterocycles. The highest BCUT2D eigenvalue weighted by atomic mass is 32.1. The molecule has 94 valence electrons. The predicted octanol–water partition coefficient (Wildman–Crippen LogP) is 2.86. The van der Waals surface area contributed by atoms with Gasteiger partial charge >= 0.3 is 0 Å². The Bertz CT molecular complexity index is 498. The highest BCUT2D eigenvalue weighted by Crippen LogP contribution is 2.33. The van der Waals surface area contributed by atoms with Crippen LogP contribution in [0.1, 0.15) is 46.2 Å². The van der Waals surface area contributed by atoms with Crippen LogP contribution >= 0.6 is 11.3 Å². The van der Waals surface area contributed by atoms with Crippen molar-refractivity contribution < 1.29 is 0 Å². The van der Waals surface area contributed by atoms with E-state index in [4.69, 9.17) is 5.73 Å². The van der Waals surface area contributed by atoms with Gasteiger partial charge in [-0.05, 0) is 37.3 Å². The first-order valence-corrected chi connectivity index (χ1v) is 7.28. The van der Waals surface area contributed by atoms with Crippen molar-refractivity contribution in [1.82, 2.24) is 9.97 Å². The van der Waals surface area contributed by atoms with Gasteiger partial charge in [0.15, 0.2) is 0 Å². The summed E-state index contributed by atoms with van der Waals surface area (Å²) in [7, 11) is 0. The molecule has 0 aromatic carbocycles. The van der Waals surface area contributed by atoms with Crippen molar-refractivity contribution in [3.05, 3.63) is 45.7 Å². The van der Waals surface area contributed by atoms with Crippen molar-refractivity contribution in [2.24, 2.45) is 5.73 Å². The highest BCUT2D eigenvalue weighted by molar-refractivity contribution is 7.12. The van der Waals surface area contributed by atoms with Gasteiger partial charge in [0.1, 0.15) is 6.33 Å². The Morgan fingerprint density at radius 1 is 1.11 bits per heavy atom. The number of aryl methyl sites for hydroxylation is 2. The summed E-state index contributed by atoms with van der Waals surface area (Å²) in [6.45, 7) is 0. The fourth-order valence-corrected chi connectivity index (χ4v) is 3.77. The number of nitrogens with zero attached hydrogens (tertiary/aromatic N) is 2. The van der Waals surface area contributed by atoms with Gasteiger partial charge in [-0.25, -0.2) is 9.97 Å². The zero-order valence-corrected chi connectivity index (χ0v) is 11.1. The maximum absolute atomic E-state index is 6.30. The molecule has 3 nitrogen and oxygen atoms in total. The molecule has 1 unspecified atom stereocenters. The molecule has 0 fully saturated rings. The highest BCUT2D eigenvalue weighted by Gasteiger charge is 2.17. The molecule has 3 rings (SSSR count). The Morgan fingerprint density at radius 3 is 2.72 bits per heavy atom. The second kappa shape index (κ2) is 5.16. The van der Waals surface area contributed by atoms with Gasteiger partial charge in [0.05, 0.1) is 6.04 Å². The fourth-order valence-electron chi connectivity index (χ4n) is 2.48. The standard InChI is InChI=1S/C14H17N3S/c15-14(11-7-16-9-17-8-11)13-6-10-4-2-1-3-5-12(10)18-13/h6-9,14H,1-5,15H2. The molecule has 1 aliphatic carbocycles. The smallest absolute Gasteiger partial charge is 0.115 e. The van der Waals surface area contributed by atoms with Crippen molar-refractivity contribution in [3.63, 3.8) is 0 Å². The van der Waals surface area contributed by atoms with E-state index in [2.05, 4.69) is 16.0 Å². The number of rotatable bonds is 2. The van der Waals surface area contributed by atoms with Crippen LogP contribution in [-0.4, -0.2) is 9.97 Å². The summed E-state index contributed by atoms with van der Waals surface area (Å²) in [4.78, 5) is 10.9. The van der Waals surface area contributed by atoms with Crippen LogP contribution in [-0.2, 0) is 12.8 Å². The van der Waals surface area contributed by atoms with Crippen LogP contribution in [0, 0.1) is 0 Å². The average Bonchev–Trinajstić information content (AvgIpc) is 2.70. The zero-order valence-electron chi connectivity index (χ0n) is 10.3. The third-order valence-electron chi connectivity index (χ3n) is 3.51. The van der Waals surface area contributed by atoms with Gasteiger partial charge in [-0.3, -0.25) is 0 Å². The number of nitrogens with two attached hydrogens (primary N) is 1. The van der Waals surface area contributed by atoms with Gasteiger partial charge < -0.3 is 5.73 Å². The van der Waals surface area contributed by atoms with E-state index in [0.29, 0.717) is 0 Å². The van der Waals surface area contributed by atoms with Gasteiger partial charge in [0.25, 0.3) is 0 Å². The first kappa shape index (κ1) is 11.8. The lowest BCUT2D eigenvalue weighted by Crippen LogP contribution is -2.10. The minimum atomic E-state index is -0.0804. The van der Waals surface area contributed by atoms with Crippen molar-refractivity contribution in [2.75, 3.05) is 0 Å². The Morgan fingerprint density at radius 2 is 1.89 bits per heavy atom. The van der Waals surface area contributed by atoms with Gasteiger partial charge in [0, 0.05) is 27.7 Å². The van der Waals surface area contributed by atoms with Gasteiger partial charge in [0.2, 0.25) is 0 Å². The minimum Gasteiger partial charge on any atom is -0.320 e. The quantitative estimate of drug-likeness (QED) is 0.844. The first-order chi connectivity index (χ1) is 8.84. The summed E-state index contributed by atoms with van der Waals surface area (Å²) in [5.74, 6) is 0. The second-order valence-corrected chi connectivity index (χ2v) is 5.98. The molecular formula is C14H17N3S. The van der Waals surface area contributed by atoms with E-state index in [1.807, 2.05) is 23.7 Å². The van der Waals surface area contributed by atoms with E-state index in [0.717, 1.165) is 5.56 Å². The van der Waals surface area contributed by atoms with Crippen LogP contribution in [0.5, 0.6) is 0 Å². The Balaban J connectivity index is 1.89. The Kier molecular flexibility index (Phi) is 3.39. The second-order valence-electron chi connectivity index (χ2n) is 4.81. The molecule has 0 amide bonds. The van der Waals surface area contributed by atoms with Crippen LogP contribution in [0.2, 0.25) is 0 Å². The fraction of sp³-hybridized carbons (Fsp3) is 0.429. The Hall–Kier alpha value is -1.26. The Labute approximate surface area is 111 Å². The summed E-state index contributed by atoms with van der Waals surface area (Å²) in [6.07, 6.45) is 11.6. The topological polar surface area (TPSA) is 51.8 Å². The molecule has 0 saturated heterocycles. The van der Waals surface area contributed by atoms with Gasteiger partial charge in [-0.15, -0.1) is 11.3 Å². The summed E-state index contributed by atoms with van der Waals surface area (Å²) in [6, 6.07) is 2.21. The van der Waals surface area contributed by atoms with Crippen LogP contribution in [0.4, 0.5) is 0 Å². The monoisotopic (exact) mass is 259 g/mol.